The number of hydrogen-bond donors (Lipinski definition) is 1. The molecule has 2 heterocycles. The van der Waals surface area contributed by atoms with Gasteiger partial charge < -0.3 is 4.74 Å². The third-order valence-corrected chi connectivity index (χ3v) is 3.57. The Morgan fingerprint density at radius 3 is 2.76 bits per heavy atom. The minimum absolute atomic E-state index is 0.0542. The van der Waals surface area contributed by atoms with Gasteiger partial charge in [-0.3, -0.25) is 5.10 Å². The summed E-state index contributed by atoms with van der Waals surface area (Å²) in [4.78, 5) is 22.4. The second-order valence-corrected chi connectivity index (χ2v) is 6.94. The fourth-order valence-corrected chi connectivity index (χ4v) is 2.46. The zero-order chi connectivity index (χ0) is 18.2. The molecule has 0 unspecified atom stereocenters. The van der Waals surface area contributed by atoms with Crippen molar-refractivity contribution in [3.05, 3.63) is 41.4 Å². The molecule has 0 aliphatic rings. The van der Waals surface area contributed by atoms with Gasteiger partial charge in [-0.2, -0.15) is 10.1 Å². The number of anilines is 2. The second kappa shape index (κ2) is 6.33. The van der Waals surface area contributed by atoms with Gasteiger partial charge in [0, 0.05) is 17.1 Å². The number of fused-ring (bicyclic) bond motifs is 1. The maximum Gasteiger partial charge on any atom is 0.420 e. The van der Waals surface area contributed by atoms with E-state index in [9.17, 15) is 4.79 Å². The Hall–Kier alpha value is -2.67. The summed E-state index contributed by atoms with van der Waals surface area (Å²) >= 11 is 5.95. The van der Waals surface area contributed by atoms with Gasteiger partial charge in [0.05, 0.1) is 17.4 Å². The molecule has 1 amide bonds. The summed E-state index contributed by atoms with van der Waals surface area (Å²) in [5.41, 5.74) is 1.51. The topological polar surface area (TPSA) is 84.0 Å². The Bertz CT molecular complexity index is 932. The molecule has 8 heteroatoms. The third-order valence-electron chi connectivity index (χ3n) is 3.39. The Morgan fingerprint density at radius 2 is 2.04 bits per heavy atom. The van der Waals surface area contributed by atoms with Gasteiger partial charge in [-0.05, 0) is 57.5 Å². The van der Waals surface area contributed by atoms with E-state index < -0.39 is 11.7 Å². The second-order valence-electron chi connectivity index (χ2n) is 6.60. The number of aromatic nitrogens is 4. The number of ether oxygens (including phenoxy) is 1. The van der Waals surface area contributed by atoms with Crippen LogP contribution in [-0.2, 0) is 4.74 Å². The highest BCUT2D eigenvalue weighted by molar-refractivity contribution is 6.28. The van der Waals surface area contributed by atoms with Crippen LogP contribution >= 0.6 is 11.6 Å². The van der Waals surface area contributed by atoms with Crippen LogP contribution in [0.25, 0.3) is 10.9 Å². The lowest BCUT2D eigenvalue weighted by Crippen LogP contribution is -2.34. The number of aromatic amines is 1. The molecule has 2 aromatic heterocycles. The highest BCUT2D eigenvalue weighted by Gasteiger charge is 2.27. The monoisotopic (exact) mass is 359 g/mol. The van der Waals surface area contributed by atoms with E-state index in [1.54, 1.807) is 25.4 Å². The summed E-state index contributed by atoms with van der Waals surface area (Å²) < 4.78 is 5.56. The molecule has 0 fully saturated rings. The van der Waals surface area contributed by atoms with E-state index in [-0.39, 0.29) is 5.28 Å². The molecule has 0 spiro atoms. The molecule has 130 valence electrons. The molecule has 1 N–H and O–H groups in total. The molecule has 0 atom stereocenters. The largest absolute Gasteiger partial charge is 0.443 e. The summed E-state index contributed by atoms with van der Waals surface area (Å²) in [5, 5.41) is 7.80. The lowest BCUT2D eigenvalue weighted by Gasteiger charge is -2.27. The minimum atomic E-state index is -0.653. The Morgan fingerprint density at radius 1 is 1.28 bits per heavy atom. The maximum atomic E-state index is 12.9. The van der Waals surface area contributed by atoms with Gasteiger partial charge in [0.25, 0.3) is 0 Å². The molecule has 25 heavy (non-hydrogen) atoms. The van der Waals surface area contributed by atoms with Crippen LogP contribution in [0.15, 0.2) is 30.6 Å². The average Bonchev–Trinajstić information content (AvgIpc) is 2.97. The van der Waals surface area contributed by atoms with Gasteiger partial charge in [0.1, 0.15) is 5.60 Å². The number of benzene rings is 1. The number of aryl methyl sites for hydroxylation is 1. The number of carbonyl (C=O) groups excluding carboxylic acids is 1. The van der Waals surface area contributed by atoms with Gasteiger partial charge in [0.2, 0.25) is 5.28 Å². The number of hydrogen-bond acceptors (Lipinski definition) is 5. The van der Waals surface area contributed by atoms with Crippen LogP contribution in [0, 0.1) is 6.92 Å². The molecule has 0 aliphatic heterocycles. The van der Waals surface area contributed by atoms with Gasteiger partial charge in [-0.15, -0.1) is 0 Å². The van der Waals surface area contributed by atoms with E-state index in [2.05, 4.69) is 20.2 Å². The van der Waals surface area contributed by atoms with E-state index in [1.807, 2.05) is 32.9 Å². The number of rotatable bonds is 2. The highest BCUT2D eigenvalue weighted by Crippen LogP contribution is 2.31. The SMILES string of the molecule is Cc1cnc(Cl)nc1N(C(=O)OC(C)(C)C)c1ccc2[nH]ncc2c1. The van der Waals surface area contributed by atoms with Gasteiger partial charge in [0.15, 0.2) is 5.82 Å². The molecule has 7 nitrogen and oxygen atoms in total. The van der Waals surface area contributed by atoms with Crippen molar-refractivity contribution < 1.29 is 9.53 Å². The van der Waals surface area contributed by atoms with Crippen LogP contribution in [0.3, 0.4) is 0 Å². The van der Waals surface area contributed by atoms with Crippen molar-refractivity contribution in [2.24, 2.45) is 0 Å². The Kier molecular flexibility index (Phi) is 4.34. The zero-order valence-corrected chi connectivity index (χ0v) is 15.1. The molecular formula is C17H18ClN5O2. The Balaban J connectivity index is 2.13. The number of carbonyl (C=O) groups is 1. The fourth-order valence-electron chi connectivity index (χ4n) is 2.33. The van der Waals surface area contributed by atoms with Crippen molar-refractivity contribution in [3.8, 4) is 0 Å². The first-order valence-corrected chi connectivity index (χ1v) is 8.08. The predicted octanol–water partition coefficient (Wildman–Crippen LogP) is 4.39. The summed E-state index contributed by atoms with van der Waals surface area (Å²) in [7, 11) is 0. The molecule has 3 aromatic rings. The molecule has 0 aliphatic carbocycles. The lowest BCUT2D eigenvalue weighted by atomic mass is 10.2. The third kappa shape index (κ3) is 3.71. The highest BCUT2D eigenvalue weighted by atomic mass is 35.5. The summed E-state index contributed by atoms with van der Waals surface area (Å²) in [6.45, 7) is 7.23. The first-order chi connectivity index (χ1) is 11.7. The smallest absolute Gasteiger partial charge is 0.420 e. The van der Waals surface area contributed by atoms with E-state index in [0.717, 1.165) is 10.9 Å². The van der Waals surface area contributed by atoms with Crippen LogP contribution < -0.4 is 4.90 Å². The zero-order valence-electron chi connectivity index (χ0n) is 14.4. The summed E-state index contributed by atoms with van der Waals surface area (Å²) in [6, 6.07) is 5.46. The molecule has 0 radical (unpaired) electrons. The lowest BCUT2D eigenvalue weighted by molar-refractivity contribution is 0.0598. The molecule has 0 saturated heterocycles. The number of H-pyrrole nitrogens is 1. The quantitative estimate of drug-likeness (QED) is 0.686. The van der Waals surface area contributed by atoms with Crippen molar-refractivity contribution in [2.45, 2.75) is 33.3 Å². The van der Waals surface area contributed by atoms with E-state index >= 15 is 0 Å². The number of nitrogens with one attached hydrogen (secondary N) is 1. The molecular weight excluding hydrogens is 342 g/mol. The van der Waals surface area contributed by atoms with Crippen molar-refractivity contribution in [2.75, 3.05) is 4.90 Å². The van der Waals surface area contributed by atoms with Crippen LogP contribution in [0.2, 0.25) is 5.28 Å². The predicted molar refractivity (Wildman–Crippen MR) is 96.2 cm³/mol. The molecule has 0 saturated carbocycles. The van der Waals surface area contributed by atoms with Crippen molar-refractivity contribution in [1.29, 1.82) is 0 Å². The summed E-state index contributed by atoms with van der Waals surface area (Å²) in [6.07, 6.45) is 2.71. The van der Waals surface area contributed by atoms with Crippen molar-refractivity contribution in [1.82, 2.24) is 20.2 Å². The standard InChI is InChI=1S/C17H18ClN5O2/c1-10-8-19-15(18)21-14(10)23(16(24)25-17(2,3)4)12-5-6-13-11(7-12)9-20-22-13/h5-9H,1-4H3,(H,20,22). The Labute approximate surface area is 150 Å². The minimum Gasteiger partial charge on any atom is -0.443 e. The first kappa shape index (κ1) is 17.2. The maximum absolute atomic E-state index is 12.9. The van der Waals surface area contributed by atoms with Crippen LogP contribution in [0.1, 0.15) is 26.3 Å². The number of halogens is 1. The molecule has 0 bridgehead atoms. The first-order valence-electron chi connectivity index (χ1n) is 7.70. The van der Waals surface area contributed by atoms with Crippen molar-refractivity contribution in [3.63, 3.8) is 0 Å². The number of nitrogens with zero attached hydrogens (tertiary/aromatic N) is 4. The van der Waals surface area contributed by atoms with Gasteiger partial charge >= 0.3 is 6.09 Å². The van der Waals surface area contributed by atoms with E-state index in [4.69, 9.17) is 16.3 Å². The van der Waals surface area contributed by atoms with Gasteiger partial charge in [-0.25, -0.2) is 14.7 Å². The normalized spacial score (nSPS) is 11.6. The van der Waals surface area contributed by atoms with Gasteiger partial charge in [-0.1, -0.05) is 0 Å². The van der Waals surface area contributed by atoms with Crippen molar-refractivity contribution >= 4 is 40.1 Å². The van der Waals surface area contributed by atoms with Crippen LogP contribution in [0.4, 0.5) is 16.3 Å². The number of amides is 1. The average molecular weight is 360 g/mol. The molecule has 3 rings (SSSR count). The van der Waals surface area contributed by atoms with E-state index in [0.29, 0.717) is 17.1 Å². The molecule has 1 aromatic carbocycles. The van der Waals surface area contributed by atoms with Crippen LogP contribution in [0.5, 0.6) is 0 Å². The van der Waals surface area contributed by atoms with Crippen LogP contribution in [-0.4, -0.2) is 31.9 Å². The summed E-state index contributed by atoms with van der Waals surface area (Å²) in [5.74, 6) is 0.372. The fraction of sp³-hybridized carbons (Fsp3) is 0.294. The van der Waals surface area contributed by atoms with E-state index in [1.165, 1.54) is 4.90 Å².